The number of aryl methyl sites for hydroxylation is 1. The van der Waals surface area contributed by atoms with Gasteiger partial charge in [-0.05, 0) is 89.5 Å². The number of ether oxygens (including phenoxy) is 2. The van der Waals surface area contributed by atoms with Crippen LogP contribution in [0.5, 0.6) is 11.5 Å². The number of urea groups is 1. The van der Waals surface area contributed by atoms with Gasteiger partial charge in [0.25, 0.3) is 17.7 Å². The van der Waals surface area contributed by atoms with Crippen molar-refractivity contribution in [1.29, 1.82) is 0 Å². The van der Waals surface area contributed by atoms with E-state index in [0.29, 0.717) is 32.0 Å². The van der Waals surface area contributed by atoms with Crippen LogP contribution in [-0.4, -0.2) is 37.5 Å². The van der Waals surface area contributed by atoms with Gasteiger partial charge in [-0.25, -0.2) is 9.69 Å². The zero-order valence-corrected chi connectivity index (χ0v) is 23.0. The number of imide groups is 2. The number of rotatable bonds is 7. The fourth-order valence-electron chi connectivity index (χ4n) is 3.81. The number of para-hydroxylation sites is 1. The zero-order valence-electron chi connectivity index (χ0n) is 20.8. The van der Waals surface area contributed by atoms with Gasteiger partial charge in [-0.15, -0.1) is 0 Å². The molecule has 1 fully saturated rings. The number of barbiturate groups is 1. The molecule has 0 spiro atoms. The van der Waals surface area contributed by atoms with Crippen LogP contribution >= 0.6 is 22.6 Å². The van der Waals surface area contributed by atoms with E-state index >= 15 is 0 Å². The number of benzene rings is 3. The number of carbonyl (C=O) groups is 4. The Bertz CT molecular complexity index is 1470. The number of nitrogens with zero attached hydrogens (tertiary/aromatic N) is 1. The van der Waals surface area contributed by atoms with Gasteiger partial charge in [0.1, 0.15) is 5.57 Å². The van der Waals surface area contributed by atoms with Gasteiger partial charge in [0.2, 0.25) is 0 Å². The number of amides is 5. The molecule has 0 aromatic heterocycles. The third kappa shape index (κ3) is 5.70. The van der Waals surface area contributed by atoms with E-state index in [9.17, 15) is 19.2 Å². The largest absolute Gasteiger partial charge is 0.493 e. The van der Waals surface area contributed by atoms with Gasteiger partial charge in [0.05, 0.1) is 16.4 Å². The maximum Gasteiger partial charge on any atom is 0.335 e. The van der Waals surface area contributed by atoms with Gasteiger partial charge in [0.15, 0.2) is 18.1 Å². The predicted molar refractivity (Wildman–Crippen MR) is 151 cm³/mol. The molecule has 9 nitrogen and oxygen atoms in total. The number of halogens is 1. The normalized spacial score (nSPS) is 14.4. The van der Waals surface area contributed by atoms with E-state index in [1.807, 2.05) is 54.6 Å². The maximum absolute atomic E-state index is 13.1. The van der Waals surface area contributed by atoms with E-state index in [4.69, 9.17) is 9.47 Å². The summed E-state index contributed by atoms with van der Waals surface area (Å²) < 4.78 is 11.8. The highest BCUT2D eigenvalue weighted by atomic mass is 127. The number of hydrogen-bond acceptors (Lipinski definition) is 6. The van der Waals surface area contributed by atoms with E-state index in [1.54, 1.807) is 42.5 Å². The molecule has 1 aliphatic rings. The molecular weight excluding hydrogens is 601 g/mol. The third-order valence-electron chi connectivity index (χ3n) is 5.91. The molecule has 0 saturated carbocycles. The van der Waals surface area contributed by atoms with Crippen molar-refractivity contribution in [2.45, 2.75) is 13.8 Å². The Kier molecular flexibility index (Phi) is 8.10. The van der Waals surface area contributed by atoms with Crippen LogP contribution in [0.3, 0.4) is 0 Å². The first kappa shape index (κ1) is 26.9. The van der Waals surface area contributed by atoms with E-state index in [0.717, 1.165) is 16.0 Å². The van der Waals surface area contributed by atoms with E-state index < -0.39 is 17.8 Å². The summed E-state index contributed by atoms with van der Waals surface area (Å²) in [6, 6.07) is 16.4. The SMILES string of the molecule is COc1cc(/C=C2/C(=O)NC(=O)N(c3ccccc3)C2=O)cc(I)c1OCC(=O)Nc1cccc(C)c1C. The first-order chi connectivity index (χ1) is 18.2. The lowest BCUT2D eigenvalue weighted by molar-refractivity contribution is -0.122. The molecule has 3 aromatic rings. The fraction of sp³-hybridized carbons (Fsp3) is 0.143. The standard InChI is InChI=1S/C28H24IN3O6/c1-16-8-7-11-22(17(16)2)30-24(33)15-38-25-21(29)13-18(14-23(25)37-3)12-20-26(34)31-28(36)32(27(20)35)19-9-5-4-6-10-19/h4-14H,15H2,1-3H3,(H,30,33)(H,31,34,36)/b20-12-. The van der Waals surface area contributed by atoms with Crippen LogP contribution < -0.4 is 25.0 Å². The highest BCUT2D eigenvalue weighted by molar-refractivity contribution is 14.1. The Balaban J connectivity index is 1.55. The summed E-state index contributed by atoms with van der Waals surface area (Å²) in [5.41, 5.74) is 3.33. The second-order valence-corrected chi connectivity index (χ2v) is 9.57. The number of anilines is 2. The lowest BCUT2D eigenvalue weighted by Gasteiger charge is -2.26. The molecule has 5 amide bonds. The van der Waals surface area contributed by atoms with Crippen molar-refractivity contribution >= 4 is 63.8 Å². The number of hydrogen-bond donors (Lipinski definition) is 2. The molecule has 10 heteroatoms. The first-order valence-corrected chi connectivity index (χ1v) is 12.6. The molecule has 4 rings (SSSR count). The van der Waals surface area contributed by atoms with Gasteiger partial charge in [0, 0.05) is 5.69 Å². The minimum atomic E-state index is -0.821. The Morgan fingerprint density at radius 1 is 1.05 bits per heavy atom. The summed E-state index contributed by atoms with van der Waals surface area (Å²) in [5.74, 6) is -1.24. The molecule has 194 valence electrons. The molecule has 0 aliphatic carbocycles. The Morgan fingerprint density at radius 2 is 1.79 bits per heavy atom. The molecule has 1 saturated heterocycles. The van der Waals surface area contributed by atoms with E-state index in [-0.39, 0.29) is 18.1 Å². The number of nitrogens with one attached hydrogen (secondary N) is 2. The van der Waals surface area contributed by atoms with Crippen molar-refractivity contribution in [3.8, 4) is 11.5 Å². The summed E-state index contributed by atoms with van der Waals surface area (Å²) in [6.45, 7) is 3.64. The first-order valence-electron chi connectivity index (χ1n) is 11.5. The summed E-state index contributed by atoms with van der Waals surface area (Å²) in [5, 5.41) is 5.04. The molecule has 38 heavy (non-hydrogen) atoms. The topological polar surface area (TPSA) is 114 Å². The molecular formula is C28H24IN3O6. The van der Waals surface area contributed by atoms with Gasteiger partial charge >= 0.3 is 6.03 Å². The van der Waals surface area contributed by atoms with Crippen LogP contribution in [0.1, 0.15) is 16.7 Å². The summed E-state index contributed by atoms with van der Waals surface area (Å²) in [6.07, 6.45) is 1.38. The van der Waals surface area contributed by atoms with Crippen molar-refractivity contribution in [3.05, 3.63) is 86.5 Å². The minimum absolute atomic E-state index is 0.215. The molecule has 0 unspecified atom stereocenters. The molecule has 3 aromatic carbocycles. The quantitative estimate of drug-likeness (QED) is 0.226. The predicted octanol–water partition coefficient (Wildman–Crippen LogP) is 4.60. The van der Waals surface area contributed by atoms with Gasteiger partial charge in [-0.2, -0.15) is 0 Å². The molecule has 1 heterocycles. The van der Waals surface area contributed by atoms with Crippen molar-refractivity contribution in [3.63, 3.8) is 0 Å². The maximum atomic E-state index is 13.1. The Morgan fingerprint density at radius 3 is 2.50 bits per heavy atom. The molecule has 1 aliphatic heterocycles. The van der Waals surface area contributed by atoms with Crippen LogP contribution in [0.4, 0.5) is 16.2 Å². The summed E-state index contributed by atoms with van der Waals surface area (Å²) >= 11 is 2.02. The zero-order chi connectivity index (χ0) is 27.4. The van der Waals surface area contributed by atoms with Crippen LogP contribution in [0.2, 0.25) is 0 Å². The van der Waals surface area contributed by atoms with Gasteiger partial charge in [-0.1, -0.05) is 30.3 Å². The Hall–Kier alpha value is -4.19. The smallest absolute Gasteiger partial charge is 0.335 e. The highest BCUT2D eigenvalue weighted by Crippen LogP contribution is 2.35. The summed E-state index contributed by atoms with van der Waals surface area (Å²) in [4.78, 5) is 51.4. The highest BCUT2D eigenvalue weighted by Gasteiger charge is 2.36. The average Bonchev–Trinajstić information content (AvgIpc) is 2.89. The Labute approximate surface area is 232 Å². The molecule has 0 radical (unpaired) electrons. The van der Waals surface area contributed by atoms with Gasteiger partial charge in [-0.3, -0.25) is 19.7 Å². The second-order valence-electron chi connectivity index (χ2n) is 8.41. The molecule has 2 N–H and O–H groups in total. The van der Waals surface area contributed by atoms with Crippen molar-refractivity contribution in [2.75, 3.05) is 23.9 Å². The van der Waals surface area contributed by atoms with Crippen molar-refractivity contribution in [2.24, 2.45) is 0 Å². The molecule has 0 atom stereocenters. The second kappa shape index (κ2) is 11.5. The van der Waals surface area contributed by atoms with Crippen LogP contribution in [0.15, 0.2) is 66.2 Å². The van der Waals surface area contributed by atoms with Gasteiger partial charge < -0.3 is 14.8 Å². The third-order valence-corrected chi connectivity index (χ3v) is 6.71. The van der Waals surface area contributed by atoms with E-state index in [2.05, 4.69) is 10.6 Å². The summed E-state index contributed by atoms with van der Waals surface area (Å²) in [7, 11) is 1.44. The average molecular weight is 625 g/mol. The van der Waals surface area contributed by atoms with Crippen molar-refractivity contribution < 1.29 is 28.7 Å². The van der Waals surface area contributed by atoms with Crippen molar-refractivity contribution in [1.82, 2.24) is 5.32 Å². The van der Waals surface area contributed by atoms with Crippen LogP contribution in [0.25, 0.3) is 6.08 Å². The van der Waals surface area contributed by atoms with Crippen LogP contribution in [-0.2, 0) is 14.4 Å². The van der Waals surface area contributed by atoms with Crippen LogP contribution in [0, 0.1) is 17.4 Å². The van der Waals surface area contributed by atoms with E-state index in [1.165, 1.54) is 13.2 Å². The fourth-order valence-corrected chi connectivity index (χ4v) is 4.59. The number of methoxy groups -OCH3 is 1. The lowest BCUT2D eigenvalue weighted by Crippen LogP contribution is -2.54. The number of carbonyl (C=O) groups excluding carboxylic acids is 4. The minimum Gasteiger partial charge on any atom is -0.493 e. The molecule has 0 bridgehead atoms. The monoisotopic (exact) mass is 625 g/mol. The lowest BCUT2D eigenvalue weighted by atomic mass is 10.1.